The number of carbonyl (C=O) groups excluding carboxylic acids is 1. The normalized spacial score (nSPS) is 15.2. The third-order valence-electron chi connectivity index (χ3n) is 5.75. The van der Waals surface area contributed by atoms with E-state index in [-0.39, 0.29) is 12.2 Å². The van der Waals surface area contributed by atoms with Crippen LogP contribution in [0.15, 0.2) is 63.5 Å². The van der Waals surface area contributed by atoms with Gasteiger partial charge in [-0.3, -0.25) is 9.36 Å². The van der Waals surface area contributed by atoms with Gasteiger partial charge in [0.05, 0.1) is 43.2 Å². The van der Waals surface area contributed by atoms with Crippen molar-refractivity contribution in [1.82, 2.24) is 4.57 Å². The Morgan fingerprint density at radius 2 is 1.86 bits per heavy atom. The van der Waals surface area contributed by atoms with Crippen LogP contribution in [0.4, 0.5) is 0 Å². The number of thiazole rings is 1. The zero-order valence-corrected chi connectivity index (χ0v) is 21.7. The lowest BCUT2D eigenvalue weighted by Crippen LogP contribution is -2.40. The first kappa shape index (κ1) is 25.2. The topological polar surface area (TPSA) is 88.4 Å². The van der Waals surface area contributed by atoms with E-state index in [0.29, 0.717) is 55.6 Å². The van der Waals surface area contributed by atoms with E-state index in [2.05, 4.69) is 4.99 Å². The molecular formula is C27H28N2O6S. The number of carbonyl (C=O) groups is 1. The molecule has 0 amide bonds. The number of hydrogen-bond acceptors (Lipinski definition) is 8. The summed E-state index contributed by atoms with van der Waals surface area (Å²) in [4.78, 5) is 32.1. The molecule has 0 fully saturated rings. The molecule has 0 spiro atoms. The van der Waals surface area contributed by atoms with Crippen LogP contribution < -0.4 is 29.1 Å². The predicted octanol–water partition coefficient (Wildman–Crippen LogP) is 3.21. The molecule has 8 nitrogen and oxygen atoms in total. The fourth-order valence-corrected chi connectivity index (χ4v) is 5.21. The van der Waals surface area contributed by atoms with E-state index < -0.39 is 12.0 Å². The maximum absolute atomic E-state index is 13.9. The van der Waals surface area contributed by atoms with Crippen LogP contribution in [0.5, 0.6) is 17.2 Å². The molecule has 4 rings (SSSR count). The Bertz CT molecular complexity index is 1500. The quantitative estimate of drug-likeness (QED) is 0.434. The van der Waals surface area contributed by atoms with E-state index >= 15 is 0 Å². The van der Waals surface area contributed by atoms with Crippen molar-refractivity contribution < 1.29 is 23.7 Å². The van der Waals surface area contributed by atoms with Crippen molar-refractivity contribution in [3.05, 3.63) is 84.5 Å². The van der Waals surface area contributed by atoms with E-state index in [0.717, 1.165) is 0 Å². The molecule has 1 atom stereocenters. The molecule has 0 bridgehead atoms. The number of fused-ring (bicyclic) bond motifs is 1. The lowest BCUT2D eigenvalue weighted by atomic mass is 9.95. The molecule has 9 heteroatoms. The van der Waals surface area contributed by atoms with E-state index in [4.69, 9.17) is 18.9 Å². The number of hydrogen-bond donors (Lipinski definition) is 0. The van der Waals surface area contributed by atoms with Gasteiger partial charge in [-0.15, -0.1) is 0 Å². The summed E-state index contributed by atoms with van der Waals surface area (Å²) in [5.74, 6) is 1.31. The second-order valence-electron chi connectivity index (χ2n) is 7.88. The molecule has 188 valence electrons. The lowest BCUT2D eigenvalue weighted by Gasteiger charge is -2.26. The minimum atomic E-state index is -0.752. The Hall–Kier alpha value is -3.85. The minimum Gasteiger partial charge on any atom is -0.497 e. The van der Waals surface area contributed by atoms with Crippen LogP contribution in [0.2, 0.25) is 0 Å². The molecule has 0 aliphatic carbocycles. The van der Waals surface area contributed by atoms with E-state index in [1.807, 2.05) is 31.2 Å². The third kappa shape index (κ3) is 4.66. The van der Waals surface area contributed by atoms with Gasteiger partial charge >= 0.3 is 5.97 Å². The second kappa shape index (κ2) is 10.8. The lowest BCUT2D eigenvalue weighted by molar-refractivity contribution is -0.139. The summed E-state index contributed by atoms with van der Waals surface area (Å²) in [6.07, 6.45) is 1.75. The summed E-state index contributed by atoms with van der Waals surface area (Å²) in [7, 11) is 3.15. The summed E-state index contributed by atoms with van der Waals surface area (Å²) < 4.78 is 24.1. The van der Waals surface area contributed by atoms with Gasteiger partial charge in [0.2, 0.25) is 0 Å². The molecule has 1 aliphatic heterocycles. The Labute approximate surface area is 212 Å². The number of esters is 1. The molecule has 0 saturated heterocycles. The number of allylic oxidation sites excluding steroid dienone is 1. The molecule has 2 heterocycles. The first-order valence-corrected chi connectivity index (χ1v) is 12.4. The maximum atomic E-state index is 13.9. The summed E-state index contributed by atoms with van der Waals surface area (Å²) in [6, 6.07) is 12.0. The Kier molecular flexibility index (Phi) is 7.59. The molecule has 0 radical (unpaired) electrons. The molecule has 3 aromatic rings. The highest BCUT2D eigenvalue weighted by molar-refractivity contribution is 7.07. The van der Waals surface area contributed by atoms with Crippen LogP contribution in [0.25, 0.3) is 6.08 Å². The van der Waals surface area contributed by atoms with Gasteiger partial charge in [0.15, 0.2) is 4.80 Å². The van der Waals surface area contributed by atoms with Gasteiger partial charge in [-0.25, -0.2) is 9.79 Å². The van der Waals surface area contributed by atoms with Gasteiger partial charge in [-0.05, 0) is 51.1 Å². The van der Waals surface area contributed by atoms with Crippen molar-refractivity contribution in [1.29, 1.82) is 0 Å². The largest absolute Gasteiger partial charge is 0.497 e. The van der Waals surface area contributed by atoms with Crippen LogP contribution in [-0.2, 0) is 9.53 Å². The predicted molar refractivity (Wildman–Crippen MR) is 138 cm³/mol. The zero-order chi connectivity index (χ0) is 25.8. The number of rotatable bonds is 8. The summed E-state index contributed by atoms with van der Waals surface area (Å²) in [5, 5.41) is 0. The smallest absolute Gasteiger partial charge is 0.338 e. The van der Waals surface area contributed by atoms with Crippen LogP contribution >= 0.6 is 11.3 Å². The standard InChI is InChI=1S/C27H28N2O6S/c1-6-34-21-11-9-8-10-19(21)24-23(26(31)35-7-2)16(3)28-27-29(24)25(30)22(36-27)15-17-14-18(32-4)12-13-20(17)33-5/h8-15,24H,6-7H2,1-5H3. The van der Waals surface area contributed by atoms with Gasteiger partial charge in [-0.1, -0.05) is 29.5 Å². The van der Waals surface area contributed by atoms with Crippen LogP contribution in [-0.4, -0.2) is 38.0 Å². The van der Waals surface area contributed by atoms with Gasteiger partial charge < -0.3 is 18.9 Å². The number of para-hydroxylation sites is 1. The molecule has 0 N–H and O–H groups in total. The van der Waals surface area contributed by atoms with Crippen molar-refractivity contribution in [2.75, 3.05) is 27.4 Å². The van der Waals surface area contributed by atoms with E-state index in [1.54, 1.807) is 56.9 Å². The second-order valence-corrected chi connectivity index (χ2v) is 8.89. The fraction of sp³-hybridized carbons (Fsp3) is 0.296. The summed E-state index contributed by atoms with van der Waals surface area (Å²) in [6.45, 7) is 6.02. The molecule has 1 aromatic heterocycles. The molecule has 1 aliphatic rings. The van der Waals surface area contributed by atoms with E-state index in [1.165, 1.54) is 11.3 Å². The highest BCUT2D eigenvalue weighted by atomic mass is 32.1. The summed E-state index contributed by atoms with van der Waals surface area (Å²) >= 11 is 1.24. The number of aromatic nitrogens is 1. The average Bonchev–Trinajstić information content (AvgIpc) is 3.18. The van der Waals surface area contributed by atoms with Gasteiger partial charge in [0.1, 0.15) is 23.3 Å². The van der Waals surface area contributed by atoms with Gasteiger partial charge in [0.25, 0.3) is 5.56 Å². The molecule has 0 saturated carbocycles. The fourth-order valence-electron chi connectivity index (χ4n) is 4.17. The highest BCUT2D eigenvalue weighted by Crippen LogP contribution is 2.36. The Balaban J connectivity index is 2.00. The van der Waals surface area contributed by atoms with Crippen LogP contribution in [0.3, 0.4) is 0 Å². The minimum absolute atomic E-state index is 0.204. The molecule has 1 unspecified atom stereocenters. The van der Waals surface area contributed by atoms with Crippen molar-refractivity contribution in [3.8, 4) is 17.2 Å². The first-order chi connectivity index (χ1) is 17.4. The van der Waals surface area contributed by atoms with Crippen molar-refractivity contribution in [3.63, 3.8) is 0 Å². The molecule has 2 aromatic carbocycles. The van der Waals surface area contributed by atoms with E-state index in [9.17, 15) is 9.59 Å². The number of methoxy groups -OCH3 is 2. The number of ether oxygens (including phenoxy) is 4. The Morgan fingerprint density at radius 1 is 1.08 bits per heavy atom. The maximum Gasteiger partial charge on any atom is 0.338 e. The SMILES string of the molecule is CCOC(=O)C1=C(C)N=c2sc(=Cc3cc(OC)ccc3OC)c(=O)n2C1c1ccccc1OCC. The third-order valence-corrected chi connectivity index (χ3v) is 6.74. The molecular weight excluding hydrogens is 480 g/mol. The zero-order valence-electron chi connectivity index (χ0n) is 20.9. The number of benzene rings is 2. The van der Waals surface area contributed by atoms with Crippen molar-refractivity contribution in [2.24, 2.45) is 4.99 Å². The molecule has 36 heavy (non-hydrogen) atoms. The van der Waals surface area contributed by atoms with Crippen molar-refractivity contribution in [2.45, 2.75) is 26.8 Å². The summed E-state index contributed by atoms with van der Waals surface area (Å²) in [5.41, 5.74) is 1.89. The number of nitrogens with zero attached hydrogens (tertiary/aromatic N) is 2. The monoisotopic (exact) mass is 508 g/mol. The highest BCUT2D eigenvalue weighted by Gasteiger charge is 2.35. The van der Waals surface area contributed by atoms with Crippen molar-refractivity contribution >= 4 is 23.4 Å². The van der Waals surface area contributed by atoms with Crippen LogP contribution in [0, 0.1) is 0 Å². The van der Waals surface area contributed by atoms with Gasteiger partial charge in [0, 0.05) is 11.1 Å². The van der Waals surface area contributed by atoms with Crippen LogP contribution in [0.1, 0.15) is 37.9 Å². The first-order valence-electron chi connectivity index (χ1n) is 11.6. The average molecular weight is 509 g/mol. The van der Waals surface area contributed by atoms with Gasteiger partial charge in [-0.2, -0.15) is 0 Å². The Morgan fingerprint density at radius 3 is 2.56 bits per heavy atom.